The average molecular weight is 422 g/mol. The van der Waals surface area contributed by atoms with Gasteiger partial charge in [-0.05, 0) is 48.7 Å². The average Bonchev–Trinajstić information content (AvgIpc) is 3.03. The number of aromatic nitrogens is 2. The van der Waals surface area contributed by atoms with E-state index in [1.54, 1.807) is 29.0 Å². The van der Waals surface area contributed by atoms with Gasteiger partial charge in [-0.25, -0.2) is 4.99 Å². The molecule has 7 heteroatoms. The fourth-order valence-electron chi connectivity index (χ4n) is 3.87. The molecule has 0 fully saturated rings. The van der Waals surface area contributed by atoms with Crippen LogP contribution in [-0.2, 0) is 4.79 Å². The molecule has 2 aromatic heterocycles. The van der Waals surface area contributed by atoms with E-state index < -0.39 is 6.04 Å². The number of carbonyl (C=O) groups is 1. The summed E-state index contributed by atoms with van der Waals surface area (Å²) in [5.41, 5.74) is 2.84. The molecule has 1 aromatic carbocycles. The van der Waals surface area contributed by atoms with Gasteiger partial charge in [-0.1, -0.05) is 41.1 Å². The van der Waals surface area contributed by atoms with Gasteiger partial charge in [0.2, 0.25) is 0 Å². The predicted molar refractivity (Wildman–Crippen MR) is 113 cm³/mol. The van der Waals surface area contributed by atoms with Gasteiger partial charge in [0.25, 0.3) is 5.56 Å². The van der Waals surface area contributed by atoms with Crippen LogP contribution in [0.2, 0.25) is 5.02 Å². The van der Waals surface area contributed by atoms with Crippen LogP contribution in [0.4, 0.5) is 0 Å². The number of halogens is 1. The molecule has 5 nitrogen and oxygen atoms in total. The number of ketones is 1. The van der Waals surface area contributed by atoms with E-state index >= 15 is 0 Å². The van der Waals surface area contributed by atoms with E-state index in [1.165, 1.54) is 11.3 Å². The smallest absolute Gasteiger partial charge is 0.271 e. The lowest BCUT2D eigenvalue weighted by Crippen LogP contribution is -2.40. The van der Waals surface area contributed by atoms with E-state index in [0.717, 1.165) is 24.1 Å². The van der Waals surface area contributed by atoms with E-state index in [9.17, 15) is 9.59 Å². The Morgan fingerprint density at radius 2 is 1.93 bits per heavy atom. The Hall–Kier alpha value is -2.83. The molecule has 3 aromatic rings. The van der Waals surface area contributed by atoms with Crippen LogP contribution in [0.1, 0.15) is 36.6 Å². The molecule has 0 saturated carbocycles. The molecular formula is C22H16ClN3O2S. The number of nitrogens with zero attached hydrogens (tertiary/aromatic N) is 3. The number of rotatable bonds is 2. The van der Waals surface area contributed by atoms with Gasteiger partial charge < -0.3 is 0 Å². The number of Topliss-reactive ketones (excluding diaryl/α,β-unsaturated/α-hetero) is 1. The molecular weight excluding hydrogens is 406 g/mol. The Morgan fingerprint density at radius 3 is 2.69 bits per heavy atom. The monoisotopic (exact) mass is 421 g/mol. The van der Waals surface area contributed by atoms with Crippen LogP contribution in [-0.4, -0.2) is 15.3 Å². The SMILES string of the molecule is O=C1CCCC2=C1C(c1ccc(Cl)cc1)n1c(sc(=Cc3ccccn3)c1=O)=N2. The first-order valence-corrected chi connectivity index (χ1v) is 10.6. The molecule has 1 aliphatic heterocycles. The summed E-state index contributed by atoms with van der Waals surface area (Å²) in [6.07, 6.45) is 5.48. The number of carbonyl (C=O) groups excluding carboxylic acids is 1. The highest BCUT2D eigenvalue weighted by Gasteiger charge is 2.34. The van der Waals surface area contributed by atoms with Gasteiger partial charge >= 0.3 is 0 Å². The molecule has 3 heterocycles. The maximum Gasteiger partial charge on any atom is 0.271 e. The summed E-state index contributed by atoms with van der Waals surface area (Å²) in [7, 11) is 0. The van der Waals surface area contributed by atoms with Gasteiger partial charge in [0.15, 0.2) is 10.6 Å². The fraction of sp³-hybridized carbons (Fsp3) is 0.182. The molecule has 0 spiro atoms. The maximum atomic E-state index is 13.3. The van der Waals surface area contributed by atoms with Crippen molar-refractivity contribution in [3.63, 3.8) is 0 Å². The minimum Gasteiger partial charge on any atom is -0.294 e. The van der Waals surface area contributed by atoms with E-state index in [0.29, 0.717) is 32.0 Å². The Labute approximate surface area is 175 Å². The number of hydrogen-bond acceptors (Lipinski definition) is 5. The van der Waals surface area contributed by atoms with Gasteiger partial charge in [-0.15, -0.1) is 0 Å². The van der Waals surface area contributed by atoms with Crippen LogP contribution in [0.25, 0.3) is 6.08 Å². The minimum atomic E-state index is -0.475. The van der Waals surface area contributed by atoms with Crippen molar-refractivity contribution in [2.45, 2.75) is 25.3 Å². The lowest BCUT2D eigenvalue weighted by molar-refractivity contribution is -0.116. The zero-order chi connectivity index (χ0) is 20.0. The summed E-state index contributed by atoms with van der Waals surface area (Å²) >= 11 is 7.40. The van der Waals surface area contributed by atoms with Crippen LogP contribution >= 0.6 is 22.9 Å². The highest BCUT2D eigenvalue weighted by molar-refractivity contribution is 7.07. The number of benzene rings is 1. The molecule has 0 N–H and O–H groups in total. The summed E-state index contributed by atoms with van der Waals surface area (Å²) in [5, 5.41) is 0.612. The van der Waals surface area contributed by atoms with Gasteiger partial charge in [0.1, 0.15) is 0 Å². The first kappa shape index (κ1) is 18.2. The summed E-state index contributed by atoms with van der Waals surface area (Å²) in [5.74, 6) is 0.0638. The summed E-state index contributed by atoms with van der Waals surface area (Å²) < 4.78 is 2.19. The van der Waals surface area contributed by atoms with Crippen LogP contribution in [0.3, 0.4) is 0 Å². The zero-order valence-electron chi connectivity index (χ0n) is 15.3. The van der Waals surface area contributed by atoms with Crippen molar-refractivity contribution in [3.8, 4) is 0 Å². The molecule has 5 rings (SSSR count). The van der Waals surface area contributed by atoms with Gasteiger partial charge in [0, 0.05) is 23.2 Å². The van der Waals surface area contributed by atoms with Crippen molar-refractivity contribution < 1.29 is 4.79 Å². The number of thiazole rings is 1. The van der Waals surface area contributed by atoms with E-state index in [2.05, 4.69) is 4.98 Å². The second kappa shape index (κ2) is 7.21. The van der Waals surface area contributed by atoms with Crippen molar-refractivity contribution in [1.29, 1.82) is 0 Å². The van der Waals surface area contributed by atoms with Crippen molar-refractivity contribution in [3.05, 3.63) is 95.9 Å². The summed E-state index contributed by atoms with van der Waals surface area (Å²) in [6.45, 7) is 0. The first-order valence-electron chi connectivity index (χ1n) is 9.36. The molecule has 0 radical (unpaired) electrons. The highest BCUT2D eigenvalue weighted by Crippen LogP contribution is 2.36. The van der Waals surface area contributed by atoms with Crippen molar-refractivity contribution in [2.75, 3.05) is 0 Å². The number of hydrogen-bond donors (Lipinski definition) is 0. The molecule has 1 aliphatic carbocycles. The Kier molecular flexibility index (Phi) is 4.53. The number of fused-ring (bicyclic) bond motifs is 1. The highest BCUT2D eigenvalue weighted by atomic mass is 35.5. The molecule has 1 atom stereocenters. The fourth-order valence-corrected chi connectivity index (χ4v) is 5.00. The van der Waals surface area contributed by atoms with Gasteiger partial charge in [-0.3, -0.25) is 19.1 Å². The van der Waals surface area contributed by atoms with Crippen molar-refractivity contribution >= 4 is 34.8 Å². The second-order valence-corrected chi connectivity index (χ2v) is 8.47. The van der Waals surface area contributed by atoms with E-state index in [-0.39, 0.29) is 11.3 Å². The zero-order valence-corrected chi connectivity index (χ0v) is 16.9. The van der Waals surface area contributed by atoms with Crippen molar-refractivity contribution in [1.82, 2.24) is 9.55 Å². The third-order valence-electron chi connectivity index (χ3n) is 5.18. The molecule has 29 heavy (non-hydrogen) atoms. The normalized spacial score (nSPS) is 19.0. The standard InChI is InChI=1S/C22H16ClN3O2S/c23-14-9-7-13(8-10-14)20-19-16(5-3-6-17(19)27)25-22-26(20)21(28)18(29-22)12-15-4-1-2-11-24-15/h1-2,4,7-12,20H,3,5-6H2. The Bertz CT molecular complexity index is 1320. The minimum absolute atomic E-state index is 0.0638. The third-order valence-corrected chi connectivity index (χ3v) is 6.42. The lowest BCUT2D eigenvalue weighted by Gasteiger charge is -2.28. The number of pyridine rings is 1. The lowest BCUT2D eigenvalue weighted by atomic mass is 9.86. The Morgan fingerprint density at radius 1 is 1.10 bits per heavy atom. The first-order chi connectivity index (χ1) is 14.1. The Balaban J connectivity index is 1.77. The maximum absolute atomic E-state index is 13.3. The summed E-state index contributed by atoms with van der Waals surface area (Å²) in [6, 6.07) is 12.4. The quantitative estimate of drug-likeness (QED) is 0.639. The largest absolute Gasteiger partial charge is 0.294 e. The molecule has 0 saturated heterocycles. The molecule has 0 amide bonds. The van der Waals surface area contributed by atoms with Crippen LogP contribution < -0.4 is 14.9 Å². The summed E-state index contributed by atoms with van der Waals surface area (Å²) in [4.78, 5) is 35.8. The molecule has 1 unspecified atom stereocenters. The van der Waals surface area contributed by atoms with E-state index in [1.807, 2.05) is 30.3 Å². The van der Waals surface area contributed by atoms with Gasteiger partial charge in [-0.2, -0.15) is 0 Å². The predicted octanol–water partition coefficient (Wildman–Crippen LogP) is 3.02. The van der Waals surface area contributed by atoms with Crippen LogP contribution in [0, 0.1) is 0 Å². The molecule has 144 valence electrons. The van der Waals surface area contributed by atoms with Crippen LogP contribution in [0.15, 0.2) is 69.7 Å². The van der Waals surface area contributed by atoms with Crippen molar-refractivity contribution in [2.24, 2.45) is 4.99 Å². The molecule has 2 aliphatic rings. The third kappa shape index (κ3) is 3.18. The van der Waals surface area contributed by atoms with Crippen LogP contribution in [0.5, 0.6) is 0 Å². The second-order valence-electron chi connectivity index (χ2n) is 7.03. The number of allylic oxidation sites excluding steroid dienone is 2. The van der Waals surface area contributed by atoms with E-state index in [4.69, 9.17) is 16.6 Å². The van der Waals surface area contributed by atoms with Gasteiger partial charge in [0.05, 0.1) is 22.0 Å². The topological polar surface area (TPSA) is 64.3 Å². The molecule has 0 bridgehead atoms.